The second-order valence-electron chi connectivity index (χ2n) is 4.28. The van der Waals surface area contributed by atoms with Crippen molar-refractivity contribution in [1.29, 1.82) is 0 Å². The Morgan fingerprint density at radius 1 is 1.47 bits per heavy atom. The maximum absolute atomic E-state index is 11.7. The molecular weight excluding hydrogens is 232 g/mol. The third-order valence-corrected chi connectivity index (χ3v) is 3.69. The van der Waals surface area contributed by atoms with E-state index in [0.29, 0.717) is 23.6 Å². The van der Waals surface area contributed by atoms with E-state index in [4.69, 9.17) is 0 Å². The van der Waals surface area contributed by atoms with E-state index in [1.165, 1.54) is 12.8 Å². The predicted molar refractivity (Wildman–Crippen MR) is 66.7 cm³/mol. The number of halogens is 1. The number of carbonyl (C=O) groups is 1. The maximum Gasteiger partial charge on any atom is 0.232 e. The van der Waals surface area contributed by atoms with Crippen LogP contribution in [-0.4, -0.2) is 48.5 Å². The van der Waals surface area contributed by atoms with Gasteiger partial charge < -0.3 is 10.2 Å². The quantitative estimate of drug-likeness (QED) is 0.793. The first kappa shape index (κ1) is 13.1. The molecule has 1 amide bonds. The number of nitrogens with zero attached hydrogens (tertiary/aromatic N) is 1. The van der Waals surface area contributed by atoms with Crippen molar-refractivity contribution >= 4 is 30.1 Å². The average Bonchev–Trinajstić information content (AvgIpc) is 2.50. The molecule has 5 heteroatoms. The molecule has 3 nitrogen and oxygen atoms in total. The van der Waals surface area contributed by atoms with E-state index in [-0.39, 0.29) is 12.4 Å². The van der Waals surface area contributed by atoms with Gasteiger partial charge in [-0.05, 0) is 31.6 Å². The highest BCUT2D eigenvalue weighted by Gasteiger charge is 2.30. The van der Waals surface area contributed by atoms with Crippen LogP contribution in [0.5, 0.6) is 0 Å². The highest BCUT2D eigenvalue weighted by atomic mass is 35.5. The van der Waals surface area contributed by atoms with Crippen LogP contribution in [0.25, 0.3) is 0 Å². The van der Waals surface area contributed by atoms with Crippen molar-refractivity contribution in [2.75, 3.05) is 31.6 Å². The first-order valence-corrected chi connectivity index (χ1v) is 6.69. The minimum atomic E-state index is 0. The zero-order chi connectivity index (χ0) is 9.97. The number of rotatable bonds is 2. The fourth-order valence-corrected chi connectivity index (χ4v) is 2.79. The normalized spacial score (nSPS) is 29.5. The Labute approximate surface area is 102 Å². The molecule has 3 fully saturated rings. The summed E-state index contributed by atoms with van der Waals surface area (Å²) in [5.74, 6) is 1.65. The zero-order valence-corrected chi connectivity index (χ0v) is 10.7. The minimum Gasteiger partial charge on any atom is -0.340 e. The van der Waals surface area contributed by atoms with Crippen LogP contribution in [0, 0.1) is 5.92 Å². The standard InChI is InChI=1S/C10H18N2OS.ClH/c1-14-7-10(13)12-5-8-2-3-9(6-12)11-4-8;/h8-9,11H,2-7H2,1H3;1H/t8-,9-;/m0./s1. The van der Waals surface area contributed by atoms with E-state index < -0.39 is 0 Å². The molecule has 0 radical (unpaired) electrons. The van der Waals surface area contributed by atoms with Gasteiger partial charge in [0.05, 0.1) is 5.75 Å². The lowest BCUT2D eigenvalue weighted by molar-refractivity contribution is -0.128. The monoisotopic (exact) mass is 250 g/mol. The first-order chi connectivity index (χ1) is 6.79. The molecule has 0 saturated carbocycles. The summed E-state index contributed by atoms with van der Waals surface area (Å²) in [7, 11) is 0. The summed E-state index contributed by atoms with van der Waals surface area (Å²) >= 11 is 1.62. The molecule has 1 N–H and O–H groups in total. The van der Waals surface area contributed by atoms with Crippen LogP contribution in [0.4, 0.5) is 0 Å². The fourth-order valence-electron chi connectivity index (χ4n) is 2.36. The third kappa shape index (κ3) is 3.26. The number of piperidine rings is 1. The molecule has 3 heterocycles. The summed E-state index contributed by atoms with van der Waals surface area (Å²) in [5.41, 5.74) is 0. The van der Waals surface area contributed by atoms with Gasteiger partial charge in [-0.3, -0.25) is 4.79 Å². The number of amides is 1. The van der Waals surface area contributed by atoms with E-state index in [1.807, 2.05) is 6.26 Å². The highest BCUT2D eigenvalue weighted by Crippen LogP contribution is 2.21. The average molecular weight is 251 g/mol. The summed E-state index contributed by atoms with van der Waals surface area (Å²) in [6, 6.07) is 0.555. The molecule has 3 aliphatic rings. The number of thioether (sulfide) groups is 1. The molecule has 3 aliphatic heterocycles. The summed E-state index contributed by atoms with van der Waals surface area (Å²) in [4.78, 5) is 13.8. The lowest BCUT2D eigenvalue weighted by Gasteiger charge is -2.23. The van der Waals surface area contributed by atoms with Crippen molar-refractivity contribution in [2.24, 2.45) is 5.92 Å². The van der Waals surface area contributed by atoms with Crippen LogP contribution >= 0.6 is 24.2 Å². The molecule has 2 bridgehead atoms. The van der Waals surface area contributed by atoms with Crippen molar-refractivity contribution < 1.29 is 4.79 Å². The van der Waals surface area contributed by atoms with Crippen LogP contribution < -0.4 is 5.32 Å². The number of carbonyl (C=O) groups excluding carboxylic acids is 1. The maximum atomic E-state index is 11.7. The molecule has 0 aromatic rings. The van der Waals surface area contributed by atoms with Gasteiger partial charge in [-0.1, -0.05) is 0 Å². The van der Waals surface area contributed by atoms with Crippen molar-refractivity contribution in [3.05, 3.63) is 0 Å². The summed E-state index contributed by atoms with van der Waals surface area (Å²) in [5, 5.41) is 3.51. The topological polar surface area (TPSA) is 32.3 Å². The van der Waals surface area contributed by atoms with Crippen LogP contribution in [-0.2, 0) is 4.79 Å². The van der Waals surface area contributed by atoms with E-state index in [2.05, 4.69) is 10.2 Å². The van der Waals surface area contributed by atoms with E-state index in [0.717, 1.165) is 19.6 Å². The SMILES string of the molecule is CSCC(=O)N1C[C@H]2CC[C@@H](C1)NC2.Cl. The summed E-state index contributed by atoms with van der Waals surface area (Å²) < 4.78 is 0. The van der Waals surface area contributed by atoms with Gasteiger partial charge in [0.2, 0.25) is 5.91 Å². The third-order valence-electron chi connectivity index (χ3n) is 3.16. The van der Waals surface area contributed by atoms with E-state index in [9.17, 15) is 4.79 Å². The van der Waals surface area contributed by atoms with Crippen molar-refractivity contribution in [3.8, 4) is 0 Å². The fraction of sp³-hybridized carbons (Fsp3) is 0.900. The summed E-state index contributed by atoms with van der Waals surface area (Å²) in [6.45, 7) is 3.01. The van der Waals surface area contributed by atoms with Crippen LogP contribution in [0.1, 0.15) is 12.8 Å². The highest BCUT2D eigenvalue weighted by molar-refractivity contribution is 7.99. The van der Waals surface area contributed by atoms with Gasteiger partial charge in [0.25, 0.3) is 0 Å². The second kappa shape index (κ2) is 5.97. The van der Waals surface area contributed by atoms with Gasteiger partial charge in [0.1, 0.15) is 0 Å². The number of hydrogen-bond donors (Lipinski definition) is 1. The predicted octanol–water partition coefficient (Wildman–Crippen LogP) is 0.982. The van der Waals surface area contributed by atoms with E-state index >= 15 is 0 Å². The molecule has 3 rings (SSSR count). The summed E-state index contributed by atoms with van der Waals surface area (Å²) in [6.07, 6.45) is 4.52. The Morgan fingerprint density at radius 2 is 2.27 bits per heavy atom. The lowest BCUT2D eigenvalue weighted by atomic mass is 9.97. The van der Waals surface area contributed by atoms with Gasteiger partial charge in [0, 0.05) is 19.1 Å². The van der Waals surface area contributed by atoms with E-state index in [1.54, 1.807) is 11.8 Å². The Morgan fingerprint density at radius 3 is 2.87 bits per heavy atom. The van der Waals surface area contributed by atoms with Crippen LogP contribution in [0.2, 0.25) is 0 Å². The molecule has 0 unspecified atom stereocenters. The van der Waals surface area contributed by atoms with Crippen LogP contribution in [0.15, 0.2) is 0 Å². The molecule has 3 saturated heterocycles. The van der Waals surface area contributed by atoms with Gasteiger partial charge in [-0.15, -0.1) is 12.4 Å². The number of hydrogen-bond acceptors (Lipinski definition) is 3. The van der Waals surface area contributed by atoms with Gasteiger partial charge >= 0.3 is 0 Å². The Hall–Kier alpha value is 0.0700. The molecule has 0 aliphatic carbocycles. The zero-order valence-electron chi connectivity index (χ0n) is 9.07. The first-order valence-electron chi connectivity index (χ1n) is 5.29. The smallest absolute Gasteiger partial charge is 0.232 e. The molecule has 2 atom stereocenters. The molecule has 0 aromatic carbocycles. The Bertz CT molecular complexity index is 205. The molecule has 0 aromatic heterocycles. The van der Waals surface area contributed by atoms with Crippen molar-refractivity contribution in [1.82, 2.24) is 10.2 Å². The molecular formula is C10H19ClN2OS. The van der Waals surface area contributed by atoms with Gasteiger partial charge in [-0.25, -0.2) is 0 Å². The Balaban J connectivity index is 0.00000112. The van der Waals surface area contributed by atoms with Gasteiger partial charge in [-0.2, -0.15) is 11.8 Å². The lowest BCUT2D eigenvalue weighted by Crippen LogP contribution is -2.41. The van der Waals surface area contributed by atoms with Crippen molar-refractivity contribution in [3.63, 3.8) is 0 Å². The minimum absolute atomic E-state index is 0. The molecule has 88 valence electrons. The molecule has 0 spiro atoms. The second-order valence-corrected chi connectivity index (χ2v) is 5.15. The largest absolute Gasteiger partial charge is 0.340 e. The van der Waals surface area contributed by atoms with Gasteiger partial charge in [0.15, 0.2) is 0 Å². The molecule has 15 heavy (non-hydrogen) atoms. The van der Waals surface area contributed by atoms with Crippen LogP contribution in [0.3, 0.4) is 0 Å². The van der Waals surface area contributed by atoms with Crippen molar-refractivity contribution in [2.45, 2.75) is 18.9 Å². The number of fused-ring (bicyclic) bond motifs is 4. The number of nitrogens with one attached hydrogen (secondary N) is 1. The Kier molecular flexibility index (Phi) is 5.23.